The molecule has 0 bridgehead atoms. The summed E-state index contributed by atoms with van der Waals surface area (Å²) in [4.78, 5) is 9.46. The Labute approximate surface area is 183 Å². The molecule has 0 aromatic heterocycles. The van der Waals surface area contributed by atoms with Crippen LogP contribution >= 0.6 is 24.0 Å². The van der Waals surface area contributed by atoms with Gasteiger partial charge in [0.25, 0.3) is 0 Å². The number of rotatable bonds is 6. The van der Waals surface area contributed by atoms with E-state index in [1.165, 1.54) is 31.9 Å². The first-order valence-corrected chi connectivity index (χ1v) is 12.3. The Hall–Kier alpha value is -0.0900. The Morgan fingerprint density at radius 1 is 1.11 bits per heavy atom. The highest BCUT2D eigenvalue weighted by atomic mass is 127. The summed E-state index contributed by atoms with van der Waals surface area (Å²) in [6.07, 6.45) is 6.69. The van der Waals surface area contributed by atoms with Crippen LogP contribution in [0.4, 0.5) is 0 Å². The SMILES string of the molecule is CCNC(=NCCS(C)(=O)=O)N1CCN(C2CCC(C(C)C)CC2)CC1.I. The number of hydrogen-bond donors (Lipinski definition) is 1. The third-order valence-corrected chi connectivity index (χ3v) is 6.80. The number of nitrogens with one attached hydrogen (secondary N) is 1. The van der Waals surface area contributed by atoms with Crippen LogP contribution in [0.2, 0.25) is 0 Å². The molecular weight excluding hydrogens is 475 g/mol. The van der Waals surface area contributed by atoms with E-state index in [1.54, 1.807) is 0 Å². The summed E-state index contributed by atoms with van der Waals surface area (Å²) in [5.74, 6) is 2.70. The molecule has 27 heavy (non-hydrogen) atoms. The third-order valence-electron chi connectivity index (χ3n) is 5.87. The van der Waals surface area contributed by atoms with Crippen molar-refractivity contribution in [2.24, 2.45) is 16.8 Å². The topological polar surface area (TPSA) is 65.0 Å². The standard InChI is InChI=1S/C19H38N4O2S.HI/c1-5-20-19(21-10-15-26(4,24)25)23-13-11-22(12-14-23)18-8-6-17(7-9-18)16(2)3;/h16-18H,5-15H2,1-4H3,(H,20,21);1H. The number of hydrogen-bond acceptors (Lipinski definition) is 4. The molecule has 1 aliphatic carbocycles. The van der Waals surface area contributed by atoms with Crippen molar-refractivity contribution < 1.29 is 8.42 Å². The summed E-state index contributed by atoms with van der Waals surface area (Å²) >= 11 is 0. The maximum atomic E-state index is 11.3. The van der Waals surface area contributed by atoms with Gasteiger partial charge in [0.05, 0.1) is 12.3 Å². The van der Waals surface area contributed by atoms with E-state index in [0.29, 0.717) is 6.54 Å². The van der Waals surface area contributed by atoms with Gasteiger partial charge in [-0.25, -0.2) is 8.42 Å². The van der Waals surface area contributed by atoms with Crippen LogP contribution < -0.4 is 5.32 Å². The van der Waals surface area contributed by atoms with Gasteiger partial charge in [-0.1, -0.05) is 13.8 Å². The van der Waals surface area contributed by atoms with E-state index in [-0.39, 0.29) is 29.7 Å². The molecule has 1 saturated heterocycles. The maximum absolute atomic E-state index is 11.3. The molecule has 0 spiro atoms. The monoisotopic (exact) mass is 514 g/mol. The maximum Gasteiger partial charge on any atom is 0.194 e. The van der Waals surface area contributed by atoms with Crippen LogP contribution in [0.25, 0.3) is 0 Å². The zero-order chi connectivity index (χ0) is 19.2. The van der Waals surface area contributed by atoms with Crippen molar-refractivity contribution >= 4 is 39.8 Å². The number of guanidine groups is 1. The number of aliphatic imine (C=N–C) groups is 1. The minimum atomic E-state index is -2.96. The number of piperazine rings is 1. The molecule has 1 heterocycles. The molecule has 0 atom stereocenters. The van der Waals surface area contributed by atoms with Crippen LogP contribution in [0, 0.1) is 11.8 Å². The molecular formula is C19H39IN4O2S. The van der Waals surface area contributed by atoms with E-state index in [0.717, 1.165) is 56.6 Å². The quantitative estimate of drug-likeness (QED) is 0.335. The Kier molecular flexibility index (Phi) is 10.9. The van der Waals surface area contributed by atoms with Crippen LogP contribution in [0.3, 0.4) is 0 Å². The van der Waals surface area contributed by atoms with Crippen molar-refractivity contribution in [3.05, 3.63) is 0 Å². The van der Waals surface area contributed by atoms with E-state index >= 15 is 0 Å². The Morgan fingerprint density at radius 2 is 1.70 bits per heavy atom. The smallest absolute Gasteiger partial charge is 0.194 e. The lowest BCUT2D eigenvalue weighted by Crippen LogP contribution is -2.55. The minimum Gasteiger partial charge on any atom is -0.357 e. The average Bonchev–Trinajstić information content (AvgIpc) is 2.60. The highest BCUT2D eigenvalue weighted by Crippen LogP contribution is 2.32. The van der Waals surface area contributed by atoms with E-state index in [1.807, 2.05) is 0 Å². The minimum absolute atomic E-state index is 0. The van der Waals surface area contributed by atoms with Gasteiger partial charge < -0.3 is 10.2 Å². The first kappa shape index (κ1) is 24.9. The molecule has 2 rings (SSSR count). The van der Waals surface area contributed by atoms with Gasteiger partial charge in [-0.05, 0) is 44.4 Å². The summed E-state index contributed by atoms with van der Waals surface area (Å²) in [6, 6.07) is 0.747. The largest absolute Gasteiger partial charge is 0.357 e. The summed E-state index contributed by atoms with van der Waals surface area (Å²) in [7, 11) is -2.96. The highest BCUT2D eigenvalue weighted by molar-refractivity contribution is 14.0. The van der Waals surface area contributed by atoms with E-state index < -0.39 is 9.84 Å². The van der Waals surface area contributed by atoms with Crippen LogP contribution in [-0.2, 0) is 9.84 Å². The molecule has 1 aliphatic heterocycles. The van der Waals surface area contributed by atoms with Crippen LogP contribution in [0.5, 0.6) is 0 Å². The highest BCUT2D eigenvalue weighted by Gasteiger charge is 2.29. The normalized spacial score (nSPS) is 25.4. The molecule has 0 unspecified atom stereocenters. The first-order chi connectivity index (χ1) is 12.3. The Balaban J connectivity index is 0.00000364. The summed E-state index contributed by atoms with van der Waals surface area (Å²) in [5, 5.41) is 3.31. The van der Waals surface area contributed by atoms with Gasteiger partial charge in [0.1, 0.15) is 9.84 Å². The Bertz CT molecular complexity index is 552. The molecule has 6 nitrogen and oxygen atoms in total. The van der Waals surface area contributed by atoms with E-state index in [9.17, 15) is 8.42 Å². The second-order valence-corrected chi connectivity index (χ2v) is 10.5. The van der Waals surface area contributed by atoms with Crippen molar-refractivity contribution in [1.82, 2.24) is 15.1 Å². The zero-order valence-electron chi connectivity index (χ0n) is 17.5. The average molecular weight is 515 g/mol. The number of sulfone groups is 1. The van der Waals surface area contributed by atoms with Crippen LogP contribution in [-0.4, -0.2) is 81.5 Å². The number of halogens is 1. The molecule has 0 radical (unpaired) electrons. The predicted molar refractivity (Wildman–Crippen MR) is 125 cm³/mol. The molecule has 1 saturated carbocycles. The van der Waals surface area contributed by atoms with Gasteiger partial charge in [0, 0.05) is 45.0 Å². The lowest BCUT2D eigenvalue weighted by Gasteiger charge is -2.43. The fourth-order valence-corrected chi connectivity index (χ4v) is 4.60. The molecule has 0 aromatic carbocycles. The van der Waals surface area contributed by atoms with E-state index in [4.69, 9.17) is 0 Å². The lowest BCUT2D eigenvalue weighted by atomic mass is 9.79. The molecule has 1 N–H and O–H groups in total. The summed E-state index contributed by atoms with van der Waals surface area (Å²) < 4.78 is 22.6. The second-order valence-electron chi connectivity index (χ2n) is 8.20. The molecule has 0 aromatic rings. The lowest BCUT2D eigenvalue weighted by molar-refractivity contribution is 0.0864. The van der Waals surface area contributed by atoms with Crippen molar-refractivity contribution in [3.63, 3.8) is 0 Å². The van der Waals surface area contributed by atoms with Gasteiger partial charge in [0.15, 0.2) is 5.96 Å². The Morgan fingerprint density at radius 3 is 2.19 bits per heavy atom. The second kappa shape index (κ2) is 11.8. The zero-order valence-corrected chi connectivity index (χ0v) is 20.6. The van der Waals surface area contributed by atoms with Gasteiger partial charge in [0.2, 0.25) is 0 Å². The van der Waals surface area contributed by atoms with Gasteiger partial charge in [-0.3, -0.25) is 9.89 Å². The molecule has 8 heteroatoms. The molecule has 2 fully saturated rings. The molecule has 160 valence electrons. The van der Waals surface area contributed by atoms with Crippen LogP contribution in [0.15, 0.2) is 4.99 Å². The van der Waals surface area contributed by atoms with E-state index in [2.05, 4.69) is 40.9 Å². The van der Waals surface area contributed by atoms with Crippen molar-refractivity contribution in [1.29, 1.82) is 0 Å². The van der Waals surface area contributed by atoms with Gasteiger partial charge in [-0.2, -0.15) is 0 Å². The van der Waals surface area contributed by atoms with Gasteiger partial charge >= 0.3 is 0 Å². The molecule has 0 amide bonds. The van der Waals surface area contributed by atoms with Crippen LogP contribution in [0.1, 0.15) is 46.5 Å². The van der Waals surface area contributed by atoms with Gasteiger partial charge in [-0.15, -0.1) is 24.0 Å². The fourth-order valence-electron chi connectivity index (χ4n) is 4.18. The number of nitrogens with zero attached hydrogens (tertiary/aromatic N) is 3. The molecule has 2 aliphatic rings. The fraction of sp³-hybridized carbons (Fsp3) is 0.947. The third kappa shape index (κ3) is 8.43. The predicted octanol–water partition coefficient (Wildman–Crippen LogP) is 2.45. The summed E-state index contributed by atoms with van der Waals surface area (Å²) in [5.41, 5.74) is 0. The van der Waals surface area contributed by atoms with Crippen molar-refractivity contribution in [2.45, 2.75) is 52.5 Å². The van der Waals surface area contributed by atoms with Crippen molar-refractivity contribution in [3.8, 4) is 0 Å². The first-order valence-electron chi connectivity index (χ1n) is 10.2. The summed E-state index contributed by atoms with van der Waals surface area (Å²) in [6.45, 7) is 12.0. The van der Waals surface area contributed by atoms with Crippen molar-refractivity contribution in [2.75, 3.05) is 51.3 Å².